The predicted molar refractivity (Wildman–Crippen MR) is 53.2 cm³/mol. The second-order valence-corrected chi connectivity index (χ2v) is 2.82. The average molecular weight is 177 g/mol. The lowest BCUT2D eigenvalue weighted by atomic mass is 10.2. The maximum absolute atomic E-state index is 5.34. The van der Waals surface area contributed by atoms with Crippen LogP contribution in [-0.4, -0.2) is 16.3 Å². The van der Waals surface area contributed by atoms with Gasteiger partial charge in [0.2, 0.25) is 0 Å². The van der Waals surface area contributed by atoms with Gasteiger partial charge < -0.3 is 5.73 Å². The van der Waals surface area contributed by atoms with E-state index in [1.54, 1.807) is 0 Å². The summed E-state index contributed by atoms with van der Waals surface area (Å²) in [5, 5.41) is 4.29. The van der Waals surface area contributed by atoms with Crippen LogP contribution in [0.2, 0.25) is 0 Å². The highest BCUT2D eigenvalue weighted by Gasteiger charge is 1.99. The Bertz CT molecular complexity index is 328. The van der Waals surface area contributed by atoms with Crippen LogP contribution in [0.5, 0.6) is 0 Å². The molecule has 0 saturated carbocycles. The summed E-state index contributed by atoms with van der Waals surface area (Å²) in [5.74, 6) is 6.06. The first-order valence-corrected chi connectivity index (χ1v) is 4.51. The Morgan fingerprint density at radius 2 is 2.38 bits per heavy atom. The molecule has 0 bridgehead atoms. The van der Waals surface area contributed by atoms with E-state index in [9.17, 15) is 0 Å². The standard InChI is InChI=1S/C10H15N3/c1-3-13-8-10(9(2)12-13)6-4-5-7-11/h8H,3,5,7,11H2,1-2H3. The first-order chi connectivity index (χ1) is 6.27. The topological polar surface area (TPSA) is 43.8 Å². The fourth-order valence-corrected chi connectivity index (χ4v) is 1.03. The normalized spacial score (nSPS) is 9.46. The molecule has 0 aliphatic carbocycles. The Hall–Kier alpha value is -1.27. The molecule has 0 aliphatic rings. The molecular weight excluding hydrogens is 162 g/mol. The van der Waals surface area contributed by atoms with E-state index < -0.39 is 0 Å². The third-order valence-corrected chi connectivity index (χ3v) is 1.76. The lowest BCUT2D eigenvalue weighted by molar-refractivity contribution is 0.653. The first kappa shape index (κ1) is 9.82. The number of aryl methyl sites for hydroxylation is 2. The second-order valence-electron chi connectivity index (χ2n) is 2.82. The third kappa shape index (κ3) is 2.60. The van der Waals surface area contributed by atoms with Gasteiger partial charge in [0.1, 0.15) is 0 Å². The van der Waals surface area contributed by atoms with E-state index in [4.69, 9.17) is 5.73 Å². The van der Waals surface area contributed by atoms with Crippen molar-refractivity contribution in [3.05, 3.63) is 17.5 Å². The summed E-state index contributed by atoms with van der Waals surface area (Å²) >= 11 is 0. The van der Waals surface area contributed by atoms with Gasteiger partial charge in [0.05, 0.1) is 11.3 Å². The molecule has 3 nitrogen and oxygen atoms in total. The summed E-state index contributed by atoms with van der Waals surface area (Å²) in [5.41, 5.74) is 7.34. The Morgan fingerprint density at radius 3 is 2.92 bits per heavy atom. The first-order valence-electron chi connectivity index (χ1n) is 4.51. The molecule has 13 heavy (non-hydrogen) atoms. The van der Waals surface area contributed by atoms with Crippen molar-refractivity contribution < 1.29 is 0 Å². The number of nitrogens with two attached hydrogens (primary N) is 1. The highest BCUT2D eigenvalue weighted by molar-refractivity contribution is 5.35. The molecule has 0 atom stereocenters. The Labute approximate surface area is 78.9 Å². The summed E-state index contributed by atoms with van der Waals surface area (Å²) in [7, 11) is 0. The van der Waals surface area contributed by atoms with Crippen LogP contribution in [0.25, 0.3) is 0 Å². The third-order valence-electron chi connectivity index (χ3n) is 1.76. The minimum Gasteiger partial charge on any atom is -0.330 e. The van der Waals surface area contributed by atoms with E-state index in [1.165, 1.54) is 0 Å². The van der Waals surface area contributed by atoms with Gasteiger partial charge in [0, 0.05) is 25.7 Å². The van der Waals surface area contributed by atoms with Crippen molar-refractivity contribution in [1.29, 1.82) is 0 Å². The number of hydrogen-bond donors (Lipinski definition) is 1. The predicted octanol–water partition coefficient (Wildman–Crippen LogP) is 0.912. The van der Waals surface area contributed by atoms with E-state index in [1.807, 2.05) is 17.8 Å². The fourth-order valence-electron chi connectivity index (χ4n) is 1.03. The minimum absolute atomic E-state index is 0.619. The molecule has 2 N–H and O–H groups in total. The summed E-state index contributed by atoms with van der Waals surface area (Å²) in [6.45, 7) is 5.54. The molecule has 1 aromatic rings. The molecule has 0 aliphatic heterocycles. The van der Waals surface area contributed by atoms with Crippen molar-refractivity contribution in [1.82, 2.24) is 9.78 Å². The van der Waals surface area contributed by atoms with Crippen LogP contribution in [0.4, 0.5) is 0 Å². The van der Waals surface area contributed by atoms with Gasteiger partial charge in [-0.2, -0.15) is 5.10 Å². The molecule has 0 unspecified atom stereocenters. The molecule has 1 rings (SSSR count). The van der Waals surface area contributed by atoms with Crippen LogP contribution in [0, 0.1) is 18.8 Å². The number of nitrogens with zero attached hydrogens (tertiary/aromatic N) is 2. The average Bonchev–Trinajstić information content (AvgIpc) is 2.48. The van der Waals surface area contributed by atoms with E-state index in [-0.39, 0.29) is 0 Å². The van der Waals surface area contributed by atoms with Crippen LogP contribution in [0.15, 0.2) is 6.20 Å². The van der Waals surface area contributed by atoms with Crippen molar-refractivity contribution in [2.24, 2.45) is 5.73 Å². The molecule has 1 aromatic heterocycles. The fraction of sp³-hybridized carbons (Fsp3) is 0.500. The zero-order valence-corrected chi connectivity index (χ0v) is 8.17. The number of aromatic nitrogens is 2. The smallest absolute Gasteiger partial charge is 0.0750 e. The highest BCUT2D eigenvalue weighted by atomic mass is 15.3. The molecule has 0 aromatic carbocycles. The molecule has 0 fully saturated rings. The van der Waals surface area contributed by atoms with Gasteiger partial charge in [0.15, 0.2) is 0 Å². The van der Waals surface area contributed by atoms with Gasteiger partial charge in [-0.1, -0.05) is 11.8 Å². The molecule has 0 radical (unpaired) electrons. The van der Waals surface area contributed by atoms with Gasteiger partial charge in [-0.3, -0.25) is 4.68 Å². The van der Waals surface area contributed by atoms with Crippen LogP contribution < -0.4 is 5.73 Å². The molecule has 3 heteroatoms. The molecule has 1 heterocycles. The lowest BCUT2D eigenvalue weighted by Crippen LogP contribution is -1.95. The van der Waals surface area contributed by atoms with E-state index >= 15 is 0 Å². The van der Waals surface area contributed by atoms with Gasteiger partial charge in [-0.05, 0) is 13.8 Å². The van der Waals surface area contributed by atoms with Gasteiger partial charge in [-0.25, -0.2) is 0 Å². The van der Waals surface area contributed by atoms with Crippen LogP contribution in [0.1, 0.15) is 24.6 Å². The number of rotatable bonds is 2. The van der Waals surface area contributed by atoms with Crippen LogP contribution in [0.3, 0.4) is 0 Å². The van der Waals surface area contributed by atoms with Crippen molar-refractivity contribution in [3.63, 3.8) is 0 Å². The zero-order chi connectivity index (χ0) is 9.68. The van der Waals surface area contributed by atoms with E-state index in [0.29, 0.717) is 6.54 Å². The monoisotopic (exact) mass is 177 g/mol. The summed E-state index contributed by atoms with van der Waals surface area (Å²) < 4.78 is 1.89. The minimum atomic E-state index is 0.619. The molecule has 70 valence electrons. The van der Waals surface area contributed by atoms with Crippen LogP contribution in [-0.2, 0) is 6.54 Å². The molecular formula is C10H15N3. The largest absolute Gasteiger partial charge is 0.330 e. The molecule has 0 saturated heterocycles. The maximum Gasteiger partial charge on any atom is 0.0750 e. The quantitative estimate of drug-likeness (QED) is 0.682. The van der Waals surface area contributed by atoms with Gasteiger partial charge in [0.25, 0.3) is 0 Å². The van der Waals surface area contributed by atoms with Crippen molar-refractivity contribution in [2.45, 2.75) is 26.8 Å². The van der Waals surface area contributed by atoms with Crippen molar-refractivity contribution in [3.8, 4) is 11.8 Å². The van der Waals surface area contributed by atoms with Crippen LogP contribution >= 0.6 is 0 Å². The Morgan fingerprint density at radius 1 is 1.62 bits per heavy atom. The number of hydrogen-bond acceptors (Lipinski definition) is 2. The molecule has 0 spiro atoms. The lowest BCUT2D eigenvalue weighted by Gasteiger charge is -1.88. The molecule has 0 amide bonds. The van der Waals surface area contributed by atoms with Crippen molar-refractivity contribution in [2.75, 3.05) is 6.54 Å². The maximum atomic E-state index is 5.34. The van der Waals surface area contributed by atoms with E-state index in [0.717, 1.165) is 24.2 Å². The second kappa shape index (κ2) is 4.68. The zero-order valence-electron chi connectivity index (χ0n) is 8.17. The van der Waals surface area contributed by atoms with Gasteiger partial charge >= 0.3 is 0 Å². The van der Waals surface area contributed by atoms with Gasteiger partial charge in [-0.15, -0.1) is 0 Å². The summed E-state index contributed by atoms with van der Waals surface area (Å²) in [4.78, 5) is 0. The Balaban J connectivity index is 2.78. The summed E-state index contributed by atoms with van der Waals surface area (Å²) in [6.07, 6.45) is 2.72. The Kier molecular flexibility index (Phi) is 3.53. The summed E-state index contributed by atoms with van der Waals surface area (Å²) in [6, 6.07) is 0. The van der Waals surface area contributed by atoms with E-state index in [2.05, 4.69) is 23.9 Å². The van der Waals surface area contributed by atoms with Crippen molar-refractivity contribution >= 4 is 0 Å². The SMILES string of the molecule is CCn1cc(C#CCCN)c(C)n1. The highest BCUT2D eigenvalue weighted by Crippen LogP contribution is 2.02.